The number of nitriles is 1. The van der Waals surface area contributed by atoms with Crippen LogP contribution < -0.4 is 4.74 Å². The smallest absolute Gasteiger partial charge is 0.173 e. The van der Waals surface area contributed by atoms with Gasteiger partial charge in [0.05, 0.1) is 18.4 Å². The van der Waals surface area contributed by atoms with Crippen molar-refractivity contribution in [2.75, 3.05) is 12.9 Å². The number of ketones is 1. The van der Waals surface area contributed by atoms with Crippen molar-refractivity contribution in [1.82, 2.24) is 4.98 Å². The van der Waals surface area contributed by atoms with Gasteiger partial charge in [0.2, 0.25) is 0 Å². The lowest BCUT2D eigenvalue weighted by molar-refractivity contribution is 0.102. The number of methoxy groups -OCH3 is 1. The van der Waals surface area contributed by atoms with Crippen molar-refractivity contribution in [3.05, 3.63) is 64.2 Å². The highest BCUT2D eigenvalue weighted by Crippen LogP contribution is 2.44. The van der Waals surface area contributed by atoms with Crippen molar-refractivity contribution >= 4 is 28.9 Å². The Morgan fingerprint density at radius 2 is 2.03 bits per heavy atom. The molecular weight excluding hydrogens is 448 g/mol. The molecule has 3 aromatic rings. The van der Waals surface area contributed by atoms with Crippen molar-refractivity contribution in [2.45, 2.75) is 45.1 Å². The average Bonchev–Trinajstić information content (AvgIpc) is 3.35. The third kappa shape index (κ3) is 5.00. The summed E-state index contributed by atoms with van der Waals surface area (Å²) in [6, 6.07) is 13.7. The molecule has 1 aliphatic rings. The minimum atomic E-state index is 0.0107. The largest absolute Gasteiger partial charge is 0.497 e. The molecule has 0 amide bonds. The summed E-state index contributed by atoms with van der Waals surface area (Å²) in [5, 5.41) is 12.9. The summed E-state index contributed by atoms with van der Waals surface area (Å²) in [5.41, 5.74) is 4.74. The number of thioether (sulfide) groups is 1. The molecule has 2 aromatic heterocycles. The average molecular weight is 477 g/mol. The fraction of sp³-hybridized carbons (Fsp3) is 0.370. The van der Waals surface area contributed by atoms with Crippen molar-refractivity contribution < 1.29 is 9.53 Å². The fourth-order valence-electron chi connectivity index (χ4n) is 4.37. The van der Waals surface area contributed by atoms with Crippen LogP contribution in [0.25, 0.3) is 10.4 Å². The minimum Gasteiger partial charge on any atom is -0.497 e. The molecule has 2 heterocycles. The molecule has 0 saturated heterocycles. The lowest BCUT2D eigenvalue weighted by atomic mass is 9.70. The summed E-state index contributed by atoms with van der Waals surface area (Å²) < 4.78 is 5.18. The number of aromatic nitrogens is 1. The van der Waals surface area contributed by atoms with Gasteiger partial charge >= 0.3 is 0 Å². The number of carbonyl (C=O) groups is 1. The zero-order chi connectivity index (χ0) is 23.6. The van der Waals surface area contributed by atoms with Gasteiger partial charge in [-0.15, -0.1) is 11.3 Å². The second-order valence-corrected chi connectivity index (χ2v) is 11.3. The van der Waals surface area contributed by atoms with E-state index >= 15 is 0 Å². The number of carbonyl (C=O) groups excluding carboxylic acids is 1. The lowest BCUT2D eigenvalue weighted by Gasteiger charge is -2.35. The molecule has 0 aliphatic heterocycles. The standard InChI is InChI=1S/C27H28N2O2S2/c1-27(2,3)18-9-12-22-20(14-18)25(24-6-5-13-32-24)21(15-28)26(29-22)33-16-23(30)17-7-10-19(31-4)11-8-17/h5-8,10-11,13,18H,9,12,14,16H2,1-4H3/t18-/m1/s1. The predicted octanol–water partition coefficient (Wildman–Crippen LogP) is 6.82. The lowest BCUT2D eigenvalue weighted by Crippen LogP contribution is -2.28. The Morgan fingerprint density at radius 3 is 2.64 bits per heavy atom. The van der Waals surface area contributed by atoms with Gasteiger partial charge < -0.3 is 4.74 Å². The Bertz CT molecular complexity index is 1190. The van der Waals surface area contributed by atoms with E-state index in [1.165, 1.54) is 17.3 Å². The molecule has 1 aliphatic carbocycles. The quantitative estimate of drug-likeness (QED) is 0.289. The van der Waals surface area contributed by atoms with Crippen LogP contribution in [0.4, 0.5) is 0 Å². The molecule has 33 heavy (non-hydrogen) atoms. The summed E-state index contributed by atoms with van der Waals surface area (Å²) in [4.78, 5) is 18.8. The third-order valence-corrected chi connectivity index (χ3v) is 8.25. The summed E-state index contributed by atoms with van der Waals surface area (Å²) in [6.45, 7) is 6.88. The van der Waals surface area contributed by atoms with Gasteiger partial charge in [-0.3, -0.25) is 4.79 Å². The summed E-state index contributed by atoms with van der Waals surface area (Å²) >= 11 is 3.02. The van der Waals surface area contributed by atoms with E-state index in [-0.39, 0.29) is 17.0 Å². The van der Waals surface area contributed by atoms with Gasteiger partial charge in [-0.05, 0) is 71.9 Å². The highest BCUT2D eigenvalue weighted by Gasteiger charge is 2.33. The molecule has 0 N–H and O–H groups in total. The third-order valence-electron chi connectivity index (χ3n) is 6.39. The highest BCUT2D eigenvalue weighted by molar-refractivity contribution is 8.00. The van der Waals surface area contributed by atoms with E-state index in [1.54, 1.807) is 42.7 Å². The first-order chi connectivity index (χ1) is 15.8. The number of fused-ring (bicyclic) bond motifs is 1. The van der Waals surface area contributed by atoms with E-state index in [4.69, 9.17) is 9.72 Å². The van der Waals surface area contributed by atoms with Gasteiger partial charge in [0, 0.05) is 21.7 Å². The number of Topliss-reactive ketones (excluding diaryl/α,β-unsaturated/α-hetero) is 1. The van der Waals surface area contributed by atoms with Gasteiger partial charge in [0.15, 0.2) is 5.78 Å². The number of hydrogen-bond acceptors (Lipinski definition) is 6. The van der Waals surface area contributed by atoms with Crippen LogP contribution in [0.3, 0.4) is 0 Å². The van der Waals surface area contributed by atoms with E-state index in [0.29, 0.717) is 22.1 Å². The Hall–Kier alpha value is -2.62. The van der Waals surface area contributed by atoms with Gasteiger partial charge in [0.1, 0.15) is 16.8 Å². The molecule has 4 nitrogen and oxygen atoms in total. The number of aryl methyl sites for hydroxylation is 1. The van der Waals surface area contributed by atoms with Crippen LogP contribution in [-0.2, 0) is 12.8 Å². The van der Waals surface area contributed by atoms with E-state index in [0.717, 1.165) is 41.1 Å². The summed E-state index contributed by atoms with van der Waals surface area (Å²) in [6.07, 6.45) is 2.93. The summed E-state index contributed by atoms with van der Waals surface area (Å²) in [7, 11) is 1.60. The number of ether oxygens (including phenoxy) is 1. The monoisotopic (exact) mass is 476 g/mol. The van der Waals surface area contributed by atoms with Crippen LogP contribution in [0.5, 0.6) is 5.75 Å². The van der Waals surface area contributed by atoms with Crippen molar-refractivity contribution in [3.8, 4) is 22.3 Å². The predicted molar refractivity (Wildman–Crippen MR) is 135 cm³/mol. The van der Waals surface area contributed by atoms with E-state index in [1.807, 2.05) is 11.4 Å². The van der Waals surface area contributed by atoms with E-state index < -0.39 is 0 Å². The van der Waals surface area contributed by atoms with Crippen molar-refractivity contribution in [1.29, 1.82) is 5.26 Å². The van der Waals surface area contributed by atoms with Crippen LogP contribution in [0.1, 0.15) is 54.4 Å². The topological polar surface area (TPSA) is 63.0 Å². The number of rotatable bonds is 6. The first-order valence-corrected chi connectivity index (χ1v) is 13.0. The zero-order valence-corrected chi connectivity index (χ0v) is 21.1. The first kappa shape index (κ1) is 23.5. The van der Waals surface area contributed by atoms with Crippen molar-refractivity contribution in [3.63, 3.8) is 0 Å². The Labute approximate surface area is 204 Å². The Morgan fingerprint density at radius 1 is 1.27 bits per heavy atom. The second-order valence-electron chi connectivity index (χ2n) is 9.43. The Kier molecular flexibility index (Phi) is 6.92. The molecule has 1 atom stereocenters. The summed E-state index contributed by atoms with van der Waals surface area (Å²) in [5.74, 6) is 1.52. The number of pyridine rings is 1. The molecule has 1 aromatic carbocycles. The second kappa shape index (κ2) is 9.70. The maximum absolute atomic E-state index is 12.8. The molecule has 0 fully saturated rings. The normalized spacial score (nSPS) is 15.5. The number of benzene rings is 1. The Balaban J connectivity index is 1.69. The molecule has 0 unspecified atom stereocenters. The molecule has 170 valence electrons. The maximum atomic E-state index is 12.8. The van der Waals surface area contributed by atoms with Gasteiger partial charge in [0.25, 0.3) is 0 Å². The molecular formula is C27H28N2O2S2. The maximum Gasteiger partial charge on any atom is 0.173 e. The van der Waals surface area contributed by atoms with Crippen LogP contribution in [0.15, 0.2) is 46.8 Å². The molecule has 0 spiro atoms. The zero-order valence-electron chi connectivity index (χ0n) is 19.5. The van der Waals surface area contributed by atoms with Gasteiger partial charge in [-0.1, -0.05) is 38.6 Å². The number of thiophene rings is 1. The minimum absolute atomic E-state index is 0.0107. The van der Waals surface area contributed by atoms with E-state index in [9.17, 15) is 10.1 Å². The SMILES string of the molecule is COc1ccc(C(=O)CSc2nc3c(c(-c4cccs4)c2C#N)C[C@H](C(C)(C)C)CC3)cc1. The van der Waals surface area contributed by atoms with Gasteiger partial charge in [-0.2, -0.15) is 5.26 Å². The number of nitrogens with zero attached hydrogens (tertiary/aromatic N) is 2. The van der Waals surface area contributed by atoms with E-state index in [2.05, 4.69) is 32.9 Å². The van der Waals surface area contributed by atoms with Crippen LogP contribution in [0, 0.1) is 22.7 Å². The van der Waals surface area contributed by atoms with Crippen molar-refractivity contribution in [2.24, 2.45) is 11.3 Å². The molecule has 0 radical (unpaired) electrons. The van der Waals surface area contributed by atoms with Crippen LogP contribution in [-0.4, -0.2) is 23.6 Å². The molecule has 0 saturated carbocycles. The molecule has 0 bridgehead atoms. The van der Waals surface area contributed by atoms with Crippen LogP contribution >= 0.6 is 23.1 Å². The fourth-order valence-corrected chi connectivity index (χ4v) is 6.07. The van der Waals surface area contributed by atoms with Crippen LogP contribution in [0.2, 0.25) is 0 Å². The highest BCUT2D eigenvalue weighted by atomic mass is 32.2. The molecule has 6 heteroatoms. The first-order valence-electron chi connectivity index (χ1n) is 11.1. The van der Waals surface area contributed by atoms with Gasteiger partial charge in [-0.25, -0.2) is 4.98 Å². The number of hydrogen-bond donors (Lipinski definition) is 0. The molecule has 4 rings (SSSR count).